The van der Waals surface area contributed by atoms with Crippen LogP contribution in [-0.4, -0.2) is 46.2 Å². The van der Waals surface area contributed by atoms with Gasteiger partial charge in [-0.3, -0.25) is 9.69 Å². The van der Waals surface area contributed by atoms with Crippen molar-refractivity contribution in [3.8, 4) is 11.8 Å². The topological polar surface area (TPSA) is 74.4 Å². The molecule has 0 saturated carbocycles. The average Bonchev–Trinajstić information content (AvgIpc) is 2.86. The lowest BCUT2D eigenvalue weighted by Gasteiger charge is -2.51. The third-order valence-electron chi connectivity index (χ3n) is 7.36. The van der Waals surface area contributed by atoms with E-state index in [4.69, 9.17) is 16.3 Å². The maximum atomic E-state index is 13.2. The van der Waals surface area contributed by atoms with Crippen molar-refractivity contribution in [1.82, 2.24) is 14.5 Å². The molecule has 37 heavy (non-hydrogen) atoms. The molecule has 4 heterocycles. The fourth-order valence-corrected chi connectivity index (χ4v) is 5.84. The van der Waals surface area contributed by atoms with Crippen LogP contribution >= 0.6 is 11.6 Å². The Morgan fingerprint density at radius 1 is 1.27 bits per heavy atom. The Kier molecular flexibility index (Phi) is 6.32. The van der Waals surface area contributed by atoms with Crippen LogP contribution in [0.2, 0.25) is 5.02 Å². The van der Waals surface area contributed by atoms with Crippen LogP contribution in [0.3, 0.4) is 0 Å². The van der Waals surface area contributed by atoms with Gasteiger partial charge in [-0.25, -0.2) is 4.98 Å². The molecule has 7 nitrogen and oxygen atoms in total. The van der Waals surface area contributed by atoms with Gasteiger partial charge in [0.05, 0.1) is 22.1 Å². The van der Waals surface area contributed by atoms with Crippen LogP contribution in [0.5, 0.6) is 5.75 Å². The predicted octanol–water partition coefficient (Wildman–Crippen LogP) is 4.90. The summed E-state index contributed by atoms with van der Waals surface area (Å²) in [5.41, 5.74) is 1.57. The van der Waals surface area contributed by atoms with Crippen LogP contribution in [0, 0.1) is 11.3 Å². The summed E-state index contributed by atoms with van der Waals surface area (Å²) in [6.45, 7) is 5.43. The number of halogens is 4. The van der Waals surface area contributed by atoms with E-state index in [0.29, 0.717) is 36.2 Å². The number of alkyl halides is 3. The first-order valence-electron chi connectivity index (χ1n) is 12.0. The minimum Gasteiger partial charge on any atom is -0.484 e. The highest BCUT2D eigenvalue weighted by Gasteiger charge is 2.41. The van der Waals surface area contributed by atoms with Crippen LogP contribution in [-0.2, 0) is 13.2 Å². The van der Waals surface area contributed by atoms with E-state index in [1.165, 1.54) is 16.7 Å². The van der Waals surface area contributed by atoms with Crippen LogP contribution in [0.25, 0.3) is 11.0 Å². The molecule has 2 aliphatic rings. The van der Waals surface area contributed by atoms with Gasteiger partial charge in [0.15, 0.2) is 0 Å². The first-order valence-corrected chi connectivity index (χ1v) is 12.4. The molecular formula is C26H25ClF3N5O2. The second kappa shape index (κ2) is 9.23. The number of nitrogens with zero attached hydrogens (tertiary/aromatic N) is 5. The number of aromatic nitrogens is 2. The molecule has 0 spiro atoms. The van der Waals surface area contributed by atoms with E-state index >= 15 is 0 Å². The molecule has 1 fully saturated rings. The summed E-state index contributed by atoms with van der Waals surface area (Å²) in [5.74, 6) is 0.219. The highest BCUT2D eigenvalue weighted by atomic mass is 35.5. The minimum atomic E-state index is -4.51. The van der Waals surface area contributed by atoms with Gasteiger partial charge in [-0.05, 0) is 43.2 Å². The Balaban J connectivity index is 1.52. The highest BCUT2D eigenvalue weighted by molar-refractivity contribution is 6.31. The molecule has 11 heteroatoms. The molecule has 0 amide bonds. The summed E-state index contributed by atoms with van der Waals surface area (Å²) in [5, 5.41) is 9.09. The van der Waals surface area contributed by atoms with E-state index in [0.717, 1.165) is 11.6 Å². The highest BCUT2D eigenvalue weighted by Crippen LogP contribution is 2.42. The van der Waals surface area contributed by atoms with Crippen molar-refractivity contribution in [2.24, 2.45) is 7.05 Å². The smallest absolute Gasteiger partial charge is 0.417 e. The molecule has 0 unspecified atom stereocenters. The number of nitriles is 1. The summed E-state index contributed by atoms with van der Waals surface area (Å²) in [4.78, 5) is 22.0. The third-order valence-corrected chi connectivity index (χ3v) is 7.67. The Morgan fingerprint density at radius 3 is 2.68 bits per heavy atom. The number of fused-ring (bicyclic) bond motifs is 5. The third kappa shape index (κ3) is 4.20. The van der Waals surface area contributed by atoms with Crippen molar-refractivity contribution in [2.75, 3.05) is 24.6 Å². The van der Waals surface area contributed by atoms with Gasteiger partial charge in [0.1, 0.15) is 29.6 Å². The van der Waals surface area contributed by atoms with E-state index in [-0.39, 0.29) is 46.8 Å². The van der Waals surface area contributed by atoms with Gasteiger partial charge in [-0.1, -0.05) is 24.6 Å². The average molecular weight is 532 g/mol. The molecule has 1 saturated heterocycles. The molecule has 1 aromatic carbocycles. The molecular weight excluding hydrogens is 507 g/mol. The number of ether oxygens (including phenoxy) is 1. The molecule has 3 atom stereocenters. The van der Waals surface area contributed by atoms with E-state index in [1.807, 2.05) is 6.92 Å². The van der Waals surface area contributed by atoms with Gasteiger partial charge in [-0.2, -0.15) is 18.4 Å². The number of piperazine rings is 1. The Labute approximate surface area is 216 Å². The van der Waals surface area contributed by atoms with Gasteiger partial charge >= 0.3 is 6.18 Å². The Morgan fingerprint density at radius 2 is 2.03 bits per heavy atom. The van der Waals surface area contributed by atoms with Crippen LogP contribution in [0.4, 0.5) is 18.9 Å². The summed E-state index contributed by atoms with van der Waals surface area (Å²) < 4.78 is 47.2. The molecule has 0 bridgehead atoms. The first-order chi connectivity index (χ1) is 17.5. The molecule has 0 aliphatic carbocycles. The fraction of sp³-hybridized carbons (Fsp3) is 0.423. The number of rotatable bonds is 3. The van der Waals surface area contributed by atoms with Gasteiger partial charge in [0.2, 0.25) is 5.75 Å². The largest absolute Gasteiger partial charge is 0.484 e. The summed E-state index contributed by atoms with van der Waals surface area (Å²) >= 11 is 6.04. The van der Waals surface area contributed by atoms with Gasteiger partial charge in [0.25, 0.3) is 5.56 Å². The van der Waals surface area contributed by atoms with E-state index in [1.54, 1.807) is 19.2 Å². The number of hydrogen-bond donors (Lipinski definition) is 0. The monoisotopic (exact) mass is 531 g/mol. The molecule has 0 N–H and O–H groups in total. The molecule has 3 aromatic rings. The van der Waals surface area contributed by atoms with Crippen molar-refractivity contribution in [2.45, 2.75) is 44.6 Å². The normalized spacial score (nSPS) is 20.6. The quantitative estimate of drug-likeness (QED) is 0.478. The van der Waals surface area contributed by atoms with Crippen LogP contribution < -0.4 is 15.2 Å². The molecule has 194 valence electrons. The van der Waals surface area contributed by atoms with Crippen molar-refractivity contribution in [3.63, 3.8) is 0 Å². The maximum Gasteiger partial charge on any atom is 0.417 e. The fourth-order valence-electron chi connectivity index (χ4n) is 5.55. The number of benzene rings is 1. The lowest BCUT2D eigenvalue weighted by atomic mass is 9.95. The van der Waals surface area contributed by atoms with E-state index in [9.17, 15) is 23.2 Å². The molecule has 2 aliphatic heterocycles. The zero-order valence-electron chi connectivity index (χ0n) is 20.5. The number of aryl methyl sites for hydroxylation is 1. The zero-order chi connectivity index (χ0) is 26.6. The Hall–Kier alpha value is -3.29. The zero-order valence-corrected chi connectivity index (χ0v) is 21.3. The SMILES string of the molecule is CC[C@H](c1ccc(C(F)(F)F)c(Cl)c1)N1C[C@H]2COc3c(c4nc(C#N)ccc4n(C)c3=O)N2C[C@H]1C. The van der Waals surface area contributed by atoms with E-state index in [2.05, 4.69) is 27.8 Å². The van der Waals surface area contributed by atoms with E-state index < -0.39 is 11.7 Å². The van der Waals surface area contributed by atoms with Crippen LogP contribution in [0.1, 0.15) is 43.1 Å². The summed E-state index contributed by atoms with van der Waals surface area (Å²) in [6, 6.07) is 9.03. The standard InChI is InChI=1S/C26H25ClF3N5O2/c1-4-20(15-5-7-18(19(27)9-15)26(28,29)30)34-12-17-13-37-24-23(35(17)11-14(34)2)22-21(33(3)25(24)36)8-6-16(10-31)32-22/h5-9,14,17,20H,4,11-13H2,1-3H3/t14-,17+,20-/m1/s1. The molecule has 2 aromatic heterocycles. The van der Waals surface area contributed by atoms with Crippen molar-refractivity contribution < 1.29 is 17.9 Å². The lowest BCUT2D eigenvalue weighted by Crippen LogP contribution is -2.61. The summed E-state index contributed by atoms with van der Waals surface area (Å²) in [6.07, 6.45) is -3.84. The molecule has 0 radical (unpaired) electrons. The second-order valence-corrected chi connectivity index (χ2v) is 9.95. The molecule has 5 rings (SSSR count). The predicted molar refractivity (Wildman–Crippen MR) is 134 cm³/mol. The summed E-state index contributed by atoms with van der Waals surface area (Å²) in [7, 11) is 1.65. The van der Waals surface area contributed by atoms with Crippen molar-refractivity contribution in [1.29, 1.82) is 5.26 Å². The van der Waals surface area contributed by atoms with Crippen molar-refractivity contribution >= 4 is 28.3 Å². The van der Waals surface area contributed by atoms with Gasteiger partial charge in [-0.15, -0.1) is 0 Å². The van der Waals surface area contributed by atoms with Crippen LogP contribution in [0.15, 0.2) is 35.1 Å². The number of anilines is 1. The number of pyridine rings is 2. The number of hydrogen-bond acceptors (Lipinski definition) is 6. The minimum absolute atomic E-state index is 0.00789. The van der Waals surface area contributed by atoms with Gasteiger partial charge in [0, 0.05) is 32.2 Å². The first kappa shape index (κ1) is 25.4. The van der Waals surface area contributed by atoms with Crippen molar-refractivity contribution in [3.05, 3.63) is 62.5 Å². The second-order valence-electron chi connectivity index (χ2n) is 9.54. The maximum absolute atomic E-state index is 13.2. The lowest BCUT2D eigenvalue weighted by molar-refractivity contribution is -0.137. The van der Waals surface area contributed by atoms with Gasteiger partial charge < -0.3 is 14.2 Å². The Bertz CT molecular complexity index is 1480.